The number of carbonyl (C=O) groups excluding carboxylic acids is 2. The van der Waals surface area contributed by atoms with Gasteiger partial charge >= 0.3 is 11.3 Å². The van der Waals surface area contributed by atoms with Gasteiger partial charge in [0.05, 0.1) is 12.7 Å². The average molecular weight is 274 g/mol. The minimum absolute atomic E-state index is 0.0816. The van der Waals surface area contributed by atoms with Crippen molar-refractivity contribution in [3.05, 3.63) is 12.2 Å². The van der Waals surface area contributed by atoms with Crippen LogP contribution in [-0.4, -0.2) is 35.2 Å². The predicted octanol–water partition coefficient (Wildman–Crippen LogP) is 1.70. The first-order chi connectivity index (χ1) is 8.40. The molecule has 18 heavy (non-hydrogen) atoms. The maximum absolute atomic E-state index is 11.2. The number of rotatable bonds is 4. The third-order valence-electron chi connectivity index (χ3n) is 2.91. The predicted molar refractivity (Wildman–Crippen MR) is 68.4 cm³/mol. The molecule has 1 fully saturated rings. The van der Waals surface area contributed by atoms with E-state index in [0.29, 0.717) is 18.4 Å². The maximum atomic E-state index is 11.2. The van der Waals surface area contributed by atoms with Gasteiger partial charge in [-0.2, -0.15) is 0 Å². The van der Waals surface area contributed by atoms with Gasteiger partial charge in [-0.1, -0.05) is 19.2 Å². The molecule has 0 aromatic carbocycles. The third-order valence-corrected chi connectivity index (χ3v) is 3.02. The van der Waals surface area contributed by atoms with Crippen LogP contribution in [0.2, 0.25) is 0 Å². The highest BCUT2D eigenvalue weighted by atomic mass is 32.1. The van der Waals surface area contributed by atoms with Crippen LogP contribution in [-0.2, 0) is 14.3 Å². The molecule has 3 unspecified atom stereocenters. The summed E-state index contributed by atoms with van der Waals surface area (Å²) >= 11 is 3.51. The molecule has 1 N–H and O–H groups in total. The lowest BCUT2D eigenvalue weighted by atomic mass is 9.86. The van der Waals surface area contributed by atoms with Crippen LogP contribution in [0.15, 0.2) is 12.2 Å². The Morgan fingerprint density at radius 3 is 2.61 bits per heavy atom. The molecule has 0 radical (unpaired) electrons. The van der Waals surface area contributed by atoms with Crippen LogP contribution in [0.25, 0.3) is 0 Å². The Labute approximate surface area is 112 Å². The second-order valence-corrected chi connectivity index (χ2v) is 4.91. The highest BCUT2D eigenvalue weighted by molar-refractivity contribution is 7.96. The van der Waals surface area contributed by atoms with Crippen molar-refractivity contribution in [2.45, 2.75) is 38.4 Å². The molecule has 3 atom stereocenters. The van der Waals surface area contributed by atoms with Gasteiger partial charge < -0.3 is 14.6 Å². The second-order valence-electron chi connectivity index (χ2n) is 4.55. The zero-order valence-electron chi connectivity index (χ0n) is 10.3. The van der Waals surface area contributed by atoms with Crippen LogP contribution in [0.5, 0.6) is 0 Å². The lowest BCUT2D eigenvalue weighted by Crippen LogP contribution is -2.37. The lowest BCUT2D eigenvalue weighted by Gasteiger charge is -2.31. The average Bonchev–Trinajstić information content (AvgIpc) is 2.28. The lowest BCUT2D eigenvalue weighted by molar-refractivity contribution is -0.141. The molecule has 0 amide bonds. The summed E-state index contributed by atoms with van der Waals surface area (Å²) < 4.78 is 9.90. The summed E-state index contributed by atoms with van der Waals surface area (Å²) in [5.74, 6) is -0.341. The Morgan fingerprint density at radius 2 is 2.11 bits per heavy atom. The van der Waals surface area contributed by atoms with Gasteiger partial charge in [-0.05, 0) is 32.1 Å². The smallest absolute Gasteiger partial charge is 0.364 e. The Morgan fingerprint density at radius 1 is 1.44 bits per heavy atom. The molecular weight excluding hydrogens is 256 g/mol. The molecule has 5 nitrogen and oxygen atoms in total. The Kier molecular flexibility index (Phi) is 5.68. The van der Waals surface area contributed by atoms with Crippen LogP contribution in [0.3, 0.4) is 0 Å². The van der Waals surface area contributed by atoms with E-state index in [2.05, 4.69) is 19.2 Å². The van der Waals surface area contributed by atoms with Gasteiger partial charge in [0.25, 0.3) is 0 Å². The summed E-state index contributed by atoms with van der Waals surface area (Å²) in [5, 5.41) is 9.10. The van der Waals surface area contributed by atoms with E-state index in [1.807, 2.05) is 0 Å². The number of carbonyl (C=O) groups is 2. The zero-order valence-corrected chi connectivity index (χ0v) is 11.2. The monoisotopic (exact) mass is 274 g/mol. The first kappa shape index (κ1) is 15.0. The van der Waals surface area contributed by atoms with Gasteiger partial charge in [0.1, 0.15) is 6.10 Å². The van der Waals surface area contributed by atoms with Gasteiger partial charge in [0, 0.05) is 5.57 Å². The van der Waals surface area contributed by atoms with Crippen LogP contribution >= 0.6 is 12.6 Å². The fraction of sp³-hybridized carbons (Fsp3) is 0.667. The molecule has 1 saturated carbocycles. The largest absolute Gasteiger partial charge is 0.462 e. The number of thiol groups is 1. The second kappa shape index (κ2) is 6.80. The van der Waals surface area contributed by atoms with Crippen molar-refractivity contribution in [3.8, 4) is 0 Å². The Hall–Kier alpha value is -1.01. The minimum atomic E-state index is -0.733. The number of hydrogen-bond acceptors (Lipinski definition) is 5. The van der Waals surface area contributed by atoms with E-state index >= 15 is 0 Å². The third kappa shape index (κ3) is 4.70. The van der Waals surface area contributed by atoms with Gasteiger partial charge in [-0.25, -0.2) is 9.59 Å². The molecule has 102 valence electrons. The van der Waals surface area contributed by atoms with Crippen molar-refractivity contribution in [3.63, 3.8) is 0 Å². The number of esters is 1. The zero-order chi connectivity index (χ0) is 13.7. The van der Waals surface area contributed by atoms with Crippen molar-refractivity contribution in [2.24, 2.45) is 5.92 Å². The molecule has 1 aliphatic rings. The highest BCUT2D eigenvalue weighted by Crippen LogP contribution is 2.27. The van der Waals surface area contributed by atoms with Crippen LogP contribution in [0, 0.1) is 5.92 Å². The van der Waals surface area contributed by atoms with Crippen molar-refractivity contribution < 1.29 is 24.2 Å². The van der Waals surface area contributed by atoms with Gasteiger partial charge in [-0.3, -0.25) is 0 Å². The maximum Gasteiger partial charge on any atom is 0.364 e. The quantitative estimate of drug-likeness (QED) is 0.464. The number of ether oxygens (including phenoxy) is 2. The normalized spacial score (nSPS) is 27.4. The first-order valence-corrected chi connectivity index (χ1v) is 6.25. The Bertz CT molecular complexity index is 341. The molecule has 0 saturated heterocycles. The van der Waals surface area contributed by atoms with Gasteiger partial charge in [0.15, 0.2) is 0 Å². The number of hydrogen-bond donors (Lipinski definition) is 2. The molecule has 0 bridgehead atoms. The summed E-state index contributed by atoms with van der Waals surface area (Å²) in [7, 11) is 0. The first-order valence-electron chi connectivity index (χ1n) is 5.80. The number of aliphatic hydroxyl groups excluding tert-OH is 1. The van der Waals surface area contributed by atoms with E-state index < -0.39 is 23.5 Å². The van der Waals surface area contributed by atoms with E-state index in [0.717, 1.165) is 6.42 Å². The number of aliphatic hydroxyl groups is 1. The summed E-state index contributed by atoms with van der Waals surface area (Å²) in [6.07, 6.45) is 0.468. The van der Waals surface area contributed by atoms with E-state index in [1.165, 1.54) is 0 Å². The standard InChI is InChI=1S/C12H18O5S/c1-7(2)11(14)16-6-8-3-4-10(9(13)5-8)17-12(15)18/h8-10,13H,1,3-6H2,2H3,(H,15,18). The molecule has 0 spiro atoms. The Balaban J connectivity index is 2.34. The summed E-state index contributed by atoms with van der Waals surface area (Å²) in [6, 6.07) is 0. The molecule has 0 aromatic rings. The SMILES string of the molecule is C=C(C)C(=O)OCC1CCC(OC(=O)S)C(O)C1. The van der Waals surface area contributed by atoms with Crippen molar-refractivity contribution in [1.82, 2.24) is 0 Å². The highest BCUT2D eigenvalue weighted by Gasteiger charge is 2.31. The summed E-state index contributed by atoms with van der Waals surface area (Å²) in [4.78, 5) is 21.9. The fourth-order valence-electron chi connectivity index (χ4n) is 1.94. The van der Waals surface area contributed by atoms with Crippen molar-refractivity contribution in [2.75, 3.05) is 6.61 Å². The molecule has 0 aliphatic heterocycles. The molecule has 1 rings (SSSR count). The van der Waals surface area contributed by atoms with E-state index in [4.69, 9.17) is 9.47 Å². The van der Waals surface area contributed by atoms with Crippen LogP contribution in [0.1, 0.15) is 26.2 Å². The van der Waals surface area contributed by atoms with Gasteiger partial charge in [-0.15, -0.1) is 0 Å². The van der Waals surface area contributed by atoms with E-state index in [-0.39, 0.29) is 12.5 Å². The molecule has 0 heterocycles. The van der Waals surface area contributed by atoms with Gasteiger partial charge in [0.2, 0.25) is 0 Å². The molecule has 1 aliphatic carbocycles. The molecule has 0 aromatic heterocycles. The molecule has 6 heteroatoms. The van der Waals surface area contributed by atoms with Crippen LogP contribution in [0.4, 0.5) is 4.79 Å². The minimum Gasteiger partial charge on any atom is -0.462 e. The summed E-state index contributed by atoms with van der Waals surface area (Å²) in [6.45, 7) is 5.33. The fourth-order valence-corrected chi connectivity index (χ4v) is 2.07. The van der Waals surface area contributed by atoms with E-state index in [1.54, 1.807) is 6.92 Å². The van der Waals surface area contributed by atoms with Crippen molar-refractivity contribution in [1.29, 1.82) is 0 Å². The molecular formula is C12H18O5S. The summed E-state index contributed by atoms with van der Waals surface area (Å²) in [5.41, 5.74) is 0.355. The van der Waals surface area contributed by atoms with E-state index in [9.17, 15) is 14.7 Å². The topological polar surface area (TPSA) is 72.8 Å². The van der Waals surface area contributed by atoms with Crippen molar-refractivity contribution >= 4 is 23.9 Å². The van der Waals surface area contributed by atoms with Crippen LogP contribution < -0.4 is 0 Å².